The average molecular weight is 376 g/mol. The van der Waals surface area contributed by atoms with Gasteiger partial charge in [-0.25, -0.2) is 0 Å². The maximum Gasteiger partial charge on any atom is 0.203 e. The van der Waals surface area contributed by atoms with Gasteiger partial charge in [0.05, 0.1) is 41.7 Å². The summed E-state index contributed by atoms with van der Waals surface area (Å²) in [5, 5.41) is 10.7. The van der Waals surface area contributed by atoms with Gasteiger partial charge in [-0.2, -0.15) is 0 Å². The van der Waals surface area contributed by atoms with E-state index in [0.29, 0.717) is 46.5 Å². The minimum Gasteiger partial charge on any atom is -0.496 e. The first-order chi connectivity index (χ1) is 13.1. The molecule has 0 unspecified atom stereocenters. The molecule has 0 amide bonds. The zero-order valence-electron chi connectivity index (χ0n) is 16.1. The maximum atomic E-state index is 10.7. The number of hydrogen-bond donors (Lipinski definition) is 1. The Morgan fingerprint density at radius 2 is 1.44 bits per heavy atom. The van der Waals surface area contributed by atoms with Gasteiger partial charge in [0, 0.05) is 29.7 Å². The third-order valence-corrected chi connectivity index (χ3v) is 4.63. The Kier molecular flexibility index (Phi) is 5.51. The predicted octanol–water partition coefficient (Wildman–Crippen LogP) is 2.77. The Morgan fingerprint density at radius 1 is 0.815 bits per heavy atom. The molecule has 7 heteroatoms. The lowest BCUT2D eigenvalue weighted by Gasteiger charge is -2.32. The molecule has 0 saturated carbocycles. The van der Waals surface area contributed by atoms with Crippen LogP contribution in [-0.2, 0) is 6.42 Å². The van der Waals surface area contributed by atoms with Crippen molar-refractivity contribution in [2.45, 2.75) is 18.6 Å². The van der Waals surface area contributed by atoms with Crippen molar-refractivity contribution >= 4 is 0 Å². The molecule has 1 heterocycles. The summed E-state index contributed by atoms with van der Waals surface area (Å²) in [5.74, 6) is 3.32. The molecule has 0 fully saturated rings. The smallest absolute Gasteiger partial charge is 0.203 e. The summed E-state index contributed by atoms with van der Waals surface area (Å²) in [6.07, 6.45) is -1.00. The monoisotopic (exact) mass is 376 g/mol. The fourth-order valence-corrected chi connectivity index (χ4v) is 3.29. The topological polar surface area (TPSA) is 75.6 Å². The number of methoxy groups -OCH3 is 5. The summed E-state index contributed by atoms with van der Waals surface area (Å²) in [5.41, 5.74) is 1.51. The molecule has 0 saturated heterocycles. The van der Waals surface area contributed by atoms with Crippen LogP contribution in [0.25, 0.3) is 0 Å². The van der Waals surface area contributed by atoms with Crippen LogP contribution in [-0.4, -0.2) is 46.8 Å². The van der Waals surface area contributed by atoms with E-state index in [4.69, 9.17) is 28.4 Å². The van der Waals surface area contributed by atoms with Crippen LogP contribution in [0.1, 0.15) is 17.2 Å². The van der Waals surface area contributed by atoms with Crippen molar-refractivity contribution in [3.63, 3.8) is 0 Å². The van der Waals surface area contributed by atoms with Gasteiger partial charge in [0.15, 0.2) is 17.6 Å². The summed E-state index contributed by atoms with van der Waals surface area (Å²) < 4.78 is 33.0. The molecule has 3 rings (SSSR count). The van der Waals surface area contributed by atoms with Crippen LogP contribution in [0.4, 0.5) is 0 Å². The fourth-order valence-electron chi connectivity index (χ4n) is 3.29. The van der Waals surface area contributed by atoms with Crippen molar-refractivity contribution < 1.29 is 33.5 Å². The third-order valence-electron chi connectivity index (χ3n) is 4.63. The summed E-state index contributed by atoms with van der Waals surface area (Å²) in [6, 6.07) is 7.11. The molecule has 7 nitrogen and oxygen atoms in total. The molecule has 2 atom stereocenters. The van der Waals surface area contributed by atoms with E-state index in [9.17, 15) is 5.11 Å². The van der Waals surface area contributed by atoms with E-state index in [1.54, 1.807) is 59.8 Å². The molecule has 0 aliphatic carbocycles. The SMILES string of the molecule is COc1cc(OC)c2c(c1)O[C@H](c1cc(OC)c(OC)c(OC)c1)[C@@H](O)C2. The molecule has 1 aliphatic heterocycles. The molecule has 1 aliphatic rings. The number of hydrogen-bond acceptors (Lipinski definition) is 7. The van der Waals surface area contributed by atoms with Crippen molar-refractivity contribution in [1.29, 1.82) is 0 Å². The molecule has 0 aromatic heterocycles. The minimum atomic E-state index is -0.775. The van der Waals surface area contributed by atoms with Gasteiger partial charge in [-0.3, -0.25) is 0 Å². The Labute approximate surface area is 158 Å². The highest BCUT2D eigenvalue weighted by Crippen LogP contribution is 2.45. The molecule has 27 heavy (non-hydrogen) atoms. The van der Waals surface area contributed by atoms with E-state index < -0.39 is 12.2 Å². The molecule has 2 aromatic rings. The molecule has 0 radical (unpaired) electrons. The highest BCUT2D eigenvalue weighted by atomic mass is 16.5. The van der Waals surface area contributed by atoms with Crippen LogP contribution < -0.4 is 28.4 Å². The summed E-state index contributed by atoms with van der Waals surface area (Å²) in [7, 11) is 7.79. The predicted molar refractivity (Wildman–Crippen MR) is 98.7 cm³/mol. The Morgan fingerprint density at radius 3 is 1.96 bits per heavy atom. The quantitative estimate of drug-likeness (QED) is 0.831. The van der Waals surface area contributed by atoms with E-state index in [0.717, 1.165) is 5.56 Å². The van der Waals surface area contributed by atoms with Crippen molar-refractivity contribution in [2.75, 3.05) is 35.5 Å². The van der Waals surface area contributed by atoms with Gasteiger partial charge in [-0.15, -0.1) is 0 Å². The van der Waals surface area contributed by atoms with Crippen LogP contribution in [0.2, 0.25) is 0 Å². The minimum absolute atomic E-state index is 0.379. The van der Waals surface area contributed by atoms with Crippen LogP contribution in [0.15, 0.2) is 24.3 Å². The van der Waals surface area contributed by atoms with Gasteiger partial charge in [0.2, 0.25) is 5.75 Å². The zero-order valence-corrected chi connectivity index (χ0v) is 16.1. The fraction of sp³-hybridized carbons (Fsp3) is 0.400. The lowest BCUT2D eigenvalue weighted by Crippen LogP contribution is -2.30. The average Bonchev–Trinajstić information content (AvgIpc) is 2.71. The van der Waals surface area contributed by atoms with Crippen molar-refractivity contribution in [2.24, 2.45) is 0 Å². The Balaban J connectivity index is 2.05. The van der Waals surface area contributed by atoms with Crippen LogP contribution in [0.3, 0.4) is 0 Å². The lowest BCUT2D eigenvalue weighted by atomic mass is 9.93. The molecule has 146 valence electrons. The number of benzene rings is 2. The van der Waals surface area contributed by atoms with Crippen LogP contribution in [0.5, 0.6) is 34.5 Å². The van der Waals surface area contributed by atoms with Gasteiger partial charge < -0.3 is 33.5 Å². The Hall–Kier alpha value is -2.80. The van der Waals surface area contributed by atoms with Gasteiger partial charge in [0.1, 0.15) is 17.2 Å². The summed E-state index contributed by atoms with van der Waals surface area (Å²) in [6.45, 7) is 0. The van der Waals surface area contributed by atoms with E-state index in [2.05, 4.69) is 0 Å². The van der Waals surface area contributed by atoms with E-state index in [-0.39, 0.29) is 0 Å². The van der Waals surface area contributed by atoms with Gasteiger partial charge in [-0.05, 0) is 12.1 Å². The zero-order chi connectivity index (χ0) is 19.6. The van der Waals surface area contributed by atoms with Crippen molar-refractivity contribution in [3.05, 3.63) is 35.4 Å². The maximum absolute atomic E-state index is 10.7. The van der Waals surface area contributed by atoms with E-state index in [1.807, 2.05) is 0 Å². The standard InChI is InChI=1S/C20H24O7/c1-22-12-8-15(23-2)13-10-14(21)19(27-16(13)9-12)11-6-17(24-3)20(26-5)18(7-11)25-4/h6-9,14,19,21H,10H2,1-5H3/t14-,19+/m0/s1. The first kappa shape index (κ1) is 19.0. The summed E-state index contributed by atoms with van der Waals surface area (Å²) in [4.78, 5) is 0. The van der Waals surface area contributed by atoms with E-state index in [1.165, 1.54) is 0 Å². The van der Waals surface area contributed by atoms with Crippen LogP contribution >= 0.6 is 0 Å². The number of fused-ring (bicyclic) bond motifs is 1. The van der Waals surface area contributed by atoms with E-state index >= 15 is 0 Å². The highest BCUT2D eigenvalue weighted by molar-refractivity contribution is 5.56. The largest absolute Gasteiger partial charge is 0.496 e. The molecule has 0 spiro atoms. The Bertz CT molecular complexity index is 793. The number of ether oxygens (including phenoxy) is 6. The summed E-state index contributed by atoms with van der Waals surface area (Å²) >= 11 is 0. The second kappa shape index (κ2) is 7.84. The number of rotatable bonds is 6. The first-order valence-electron chi connectivity index (χ1n) is 8.45. The second-order valence-corrected chi connectivity index (χ2v) is 6.07. The van der Waals surface area contributed by atoms with Crippen molar-refractivity contribution in [3.8, 4) is 34.5 Å². The highest BCUT2D eigenvalue weighted by Gasteiger charge is 2.33. The van der Waals surface area contributed by atoms with Gasteiger partial charge in [-0.1, -0.05) is 0 Å². The van der Waals surface area contributed by atoms with Gasteiger partial charge in [0.25, 0.3) is 0 Å². The number of aliphatic hydroxyl groups excluding tert-OH is 1. The molecular weight excluding hydrogens is 352 g/mol. The van der Waals surface area contributed by atoms with Gasteiger partial charge >= 0.3 is 0 Å². The normalized spacial score (nSPS) is 18.1. The number of aliphatic hydroxyl groups is 1. The van der Waals surface area contributed by atoms with Crippen LogP contribution in [0, 0.1) is 0 Å². The first-order valence-corrected chi connectivity index (χ1v) is 8.45. The molecule has 1 N–H and O–H groups in total. The second-order valence-electron chi connectivity index (χ2n) is 6.07. The lowest BCUT2D eigenvalue weighted by molar-refractivity contribution is 0.0195. The molecule has 0 bridgehead atoms. The van der Waals surface area contributed by atoms with Crippen molar-refractivity contribution in [1.82, 2.24) is 0 Å². The molecule has 2 aromatic carbocycles. The molecular formula is C20H24O7. The third kappa shape index (κ3) is 3.42.